The molecule has 112 valence electrons. The lowest BCUT2D eigenvalue weighted by molar-refractivity contribution is -0.123. The van der Waals surface area contributed by atoms with Gasteiger partial charge in [-0.2, -0.15) is 13.2 Å². The van der Waals surface area contributed by atoms with Crippen molar-refractivity contribution in [1.82, 2.24) is 10.2 Å². The van der Waals surface area contributed by atoms with Crippen molar-refractivity contribution in [1.29, 1.82) is 0 Å². The minimum Gasteiger partial charge on any atom is -0.399 e. The van der Waals surface area contributed by atoms with Gasteiger partial charge in [-0.05, 0) is 31.5 Å². The molecule has 0 spiro atoms. The minimum atomic E-state index is -4.42. The first-order valence-corrected chi connectivity index (χ1v) is 6.14. The van der Waals surface area contributed by atoms with Crippen molar-refractivity contribution in [3.8, 4) is 0 Å². The molecule has 0 radical (unpaired) electrons. The third-order valence-electron chi connectivity index (χ3n) is 2.66. The van der Waals surface area contributed by atoms with Crippen LogP contribution in [0.2, 0.25) is 0 Å². The number of anilines is 1. The quantitative estimate of drug-likeness (QED) is 0.837. The molecule has 0 saturated carbocycles. The van der Waals surface area contributed by atoms with Gasteiger partial charge in [-0.1, -0.05) is 12.1 Å². The van der Waals surface area contributed by atoms with E-state index < -0.39 is 18.8 Å². The highest BCUT2D eigenvalue weighted by molar-refractivity contribution is 5.74. The van der Waals surface area contributed by atoms with Crippen molar-refractivity contribution in [2.45, 2.75) is 32.6 Å². The van der Waals surface area contributed by atoms with E-state index in [0.29, 0.717) is 5.69 Å². The van der Waals surface area contributed by atoms with Gasteiger partial charge in [-0.15, -0.1) is 0 Å². The number of nitrogens with one attached hydrogen (secondary N) is 1. The Labute approximate surface area is 115 Å². The summed E-state index contributed by atoms with van der Waals surface area (Å²) in [5.41, 5.74) is 6.94. The first kappa shape index (κ1) is 16.1. The van der Waals surface area contributed by atoms with Crippen LogP contribution < -0.4 is 11.1 Å². The van der Waals surface area contributed by atoms with Crippen LogP contribution in [0, 0.1) is 0 Å². The number of rotatable bonds is 4. The van der Waals surface area contributed by atoms with E-state index >= 15 is 0 Å². The van der Waals surface area contributed by atoms with Crippen LogP contribution in [0.1, 0.15) is 19.4 Å². The van der Waals surface area contributed by atoms with Gasteiger partial charge >= 0.3 is 12.2 Å². The smallest absolute Gasteiger partial charge is 0.399 e. The van der Waals surface area contributed by atoms with Crippen molar-refractivity contribution < 1.29 is 18.0 Å². The molecule has 2 amide bonds. The summed E-state index contributed by atoms with van der Waals surface area (Å²) in [4.78, 5) is 13.1. The number of amides is 2. The third kappa shape index (κ3) is 5.38. The van der Waals surface area contributed by atoms with Crippen LogP contribution in [0.15, 0.2) is 24.3 Å². The average molecular weight is 289 g/mol. The molecule has 0 atom stereocenters. The van der Waals surface area contributed by atoms with E-state index in [9.17, 15) is 18.0 Å². The number of nitrogen functional groups attached to an aromatic ring is 1. The van der Waals surface area contributed by atoms with Gasteiger partial charge in [0, 0.05) is 18.3 Å². The number of hydrogen-bond donors (Lipinski definition) is 2. The molecule has 0 saturated heterocycles. The Morgan fingerprint density at radius 2 is 1.85 bits per heavy atom. The maximum Gasteiger partial charge on any atom is 0.405 e. The van der Waals surface area contributed by atoms with Crippen molar-refractivity contribution in [2.75, 3.05) is 12.3 Å². The SMILES string of the molecule is CC(C)N(Cc1ccc(N)cc1)C(=O)NCC(F)(F)F. The number of hydrogen-bond acceptors (Lipinski definition) is 2. The van der Waals surface area contributed by atoms with E-state index in [2.05, 4.69) is 0 Å². The normalized spacial score (nSPS) is 11.5. The number of halogens is 3. The molecule has 0 unspecified atom stereocenters. The van der Waals surface area contributed by atoms with Crippen LogP contribution in [0.25, 0.3) is 0 Å². The van der Waals surface area contributed by atoms with Gasteiger partial charge in [-0.3, -0.25) is 0 Å². The van der Waals surface area contributed by atoms with Gasteiger partial charge in [0.15, 0.2) is 0 Å². The second-order valence-electron chi connectivity index (χ2n) is 4.74. The molecule has 1 rings (SSSR count). The maximum absolute atomic E-state index is 12.1. The van der Waals surface area contributed by atoms with Gasteiger partial charge in [-0.25, -0.2) is 4.79 Å². The van der Waals surface area contributed by atoms with Crippen LogP contribution in [-0.4, -0.2) is 29.7 Å². The molecule has 1 aromatic carbocycles. The summed E-state index contributed by atoms with van der Waals surface area (Å²) in [7, 11) is 0. The lowest BCUT2D eigenvalue weighted by atomic mass is 10.2. The first-order chi connectivity index (χ1) is 9.19. The second kappa shape index (κ2) is 6.49. The Morgan fingerprint density at radius 1 is 1.30 bits per heavy atom. The van der Waals surface area contributed by atoms with E-state index in [-0.39, 0.29) is 12.6 Å². The van der Waals surface area contributed by atoms with Gasteiger partial charge < -0.3 is 16.0 Å². The predicted octanol–water partition coefficient (Wildman–Crippen LogP) is 2.75. The van der Waals surface area contributed by atoms with Crippen molar-refractivity contribution >= 4 is 11.7 Å². The van der Waals surface area contributed by atoms with Crippen molar-refractivity contribution in [2.24, 2.45) is 0 Å². The standard InChI is InChI=1S/C13H18F3N3O/c1-9(2)19(12(20)18-8-13(14,15)16)7-10-3-5-11(17)6-4-10/h3-6,9H,7-8,17H2,1-2H3,(H,18,20). The molecule has 0 aliphatic heterocycles. The molecule has 3 N–H and O–H groups in total. The zero-order valence-corrected chi connectivity index (χ0v) is 11.4. The molecule has 0 aliphatic rings. The van der Waals surface area contributed by atoms with E-state index in [1.807, 2.05) is 5.32 Å². The van der Waals surface area contributed by atoms with Crippen LogP contribution in [-0.2, 0) is 6.54 Å². The van der Waals surface area contributed by atoms with Crippen LogP contribution in [0.3, 0.4) is 0 Å². The summed E-state index contributed by atoms with van der Waals surface area (Å²) in [6.45, 7) is 2.37. The number of alkyl halides is 3. The van der Waals surface area contributed by atoms with Gasteiger partial charge in [0.2, 0.25) is 0 Å². The number of carbonyl (C=O) groups is 1. The fraction of sp³-hybridized carbons (Fsp3) is 0.462. The number of urea groups is 1. The summed E-state index contributed by atoms with van der Waals surface area (Å²) < 4.78 is 36.3. The Balaban J connectivity index is 2.69. The molecule has 20 heavy (non-hydrogen) atoms. The Hall–Kier alpha value is -1.92. The molecule has 0 fully saturated rings. The topological polar surface area (TPSA) is 58.4 Å². The van der Waals surface area contributed by atoms with Gasteiger partial charge in [0.25, 0.3) is 0 Å². The highest BCUT2D eigenvalue weighted by Gasteiger charge is 2.29. The number of carbonyl (C=O) groups excluding carboxylic acids is 1. The lowest BCUT2D eigenvalue weighted by Gasteiger charge is -2.27. The molecule has 7 heteroatoms. The molecule has 0 heterocycles. The lowest BCUT2D eigenvalue weighted by Crippen LogP contribution is -2.46. The highest BCUT2D eigenvalue weighted by atomic mass is 19.4. The average Bonchev–Trinajstić information content (AvgIpc) is 2.34. The van der Waals surface area contributed by atoms with E-state index in [1.165, 1.54) is 4.90 Å². The summed E-state index contributed by atoms with van der Waals surface area (Å²) in [5.74, 6) is 0. The summed E-state index contributed by atoms with van der Waals surface area (Å²) in [6.07, 6.45) is -4.42. The summed E-state index contributed by atoms with van der Waals surface area (Å²) in [6, 6.07) is 5.88. The number of nitrogens with zero attached hydrogens (tertiary/aromatic N) is 1. The molecule has 1 aromatic rings. The molecule has 0 aliphatic carbocycles. The summed E-state index contributed by atoms with van der Waals surface area (Å²) >= 11 is 0. The van der Waals surface area contributed by atoms with Gasteiger partial charge in [0.05, 0.1) is 0 Å². The predicted molar refractivity (Wildman–Crippen MR) is 71.0 cm³/mol. The third-order valence-corrected chi connectivity index (χ3v) is 2.66. The van der Waals surface area contributed by atoms with Gasteiger partial charge in [0.1, 0.15) is 6.54 Å². The van der Waals surface area contributed by atoms with E-state index in [4.69, 9.17) is 5.73 Å². The van der Waals surface area contributed by atoms with Crippen molar-refractivity contribution in [3.63, 3.8) is 0 Å². The number of nitrogens with two attached hydrogens (primary N) is 1. The minimum absolute atomic E-state index is 0.221. The fourth-order valence-electron chi connectivity index (χ4n) is 1.59. The summed E-state index contributed by atoms with van der Waals surface area (Å²) in [5, 5.41) is 1.87. The van der Waals surface area contributed by atoms with Crippen molar-refractivity contribution in [3.05, 3.63) is 29.8 Å². The van der Waals surface area contributed by atoms with E-state index in [1.54, 1.807) is 38.1 Å². The van der Waals surface area contributed by atoms with Crippen LogP contribution >= 0.6 is 0 Å². The molecule has 0 aromatic heterocycles. The van der Waals surface area contributed by atoms with Crippen LogP contribution in [0.4, 0.5) is 23.7 Å². The fourth-order valence-corrected chi connectivity index (χ4v) is 1.59. The monoisotopic (exact) mass is 289 g/mol. The Morgan fingerprint density at radius 3 is 2.30 bits per heavy atom. The Bertz CT molecular complexity index is 443. The number of benzene rings is 1. The molecule has 4 nitrogen and oxygen atoms in total. The van der Waals surface area contributed by atoms with Crippen LogP contribution in [0.5, 0.6) is 0 Å². The maximum atomic E-state index is 12.1. The first-order valence-electron chi connectivity index (χ1n) is 6.14. The largest absolute Gasteiger partial charge is 0.405 e. The zero-order chi connectivity index (χ0) is 15.3. The molecular formula is C13H18F3N3O. The zero-order valence-electron chi connectivity index (χ0n) is 11.4. The van der Waals surface area contributed by atoms with E-state index in [0.717, 1.165) is 5.56 Å². The highest BCUT2D eigenvalue weighted by Crippen LogP contribution is 2.14. The second-order valence-corrected chi connectivity index (χ2v) is 4.74. The Kier molecular flexibility index (Phi) is 5.24. The molecular weight excluding hydrogens is 271 g/mol. The molecule has 0 bridgehead atoms.